The van der Waals surface area contributed by atoms with Crippen molar-refractivity contribution >= 4 is 52.7 Å². The summed E-state index contributed by atoms with van der Waals surface area (Å²) in [5.74, 6) is -2.20. The number of anilines is 6. The summed E-state index contributed by atoms with van der Waals surface area (Å²) >= 11 is 0. The highest BCUT2D eigenvalue weighted by Gasteiger charge is 2.41. The maximum atomic E-state index is 13.0. The number of nitrogens with zero attached hydrogens (tertiary/aromatic N) is 7. The molecule has 60 heavy (non-hydrogen) atoms. The Kier molecular flexibility index (Phi) is 20.3. The van der Waals surface area contributed by atoms with Crippen LogP contribution in [-0.2, 0) is 17.6 Å². The monoisotopic (exact) mass is 834 g/mol. The van der Waals surface area contributed by atoms with Crippen molar-refractivity contribution in [2.24, 2.45) is 0 Å². The number of aromatic carboxylic acids is 1. The number of carbonyl (C=O) groups is 3. The maximum Gasteiger partial charge on any atom is 0.471 e. The molecule has 0 aliphatic rings. The number of nitrogens with one attached hydrogen (secondary N) is 5. The minimum absolute atomic E-state index is 0. The Labute approximate surface area is 347 Å². The summed E-state index contributed by atoms with van der Waals surface area (Å²) in [6.07, 6.45) is 7.82. The molecule has 0 unspecified atom stereocenters. The van der Waals surface area contributed by atoms with Crippen molar-refractivity contribution in [1.82, 2.24) is 29.9 Å². The van der Waals surface area contributed by atoms with E-state index in [2.05, 4.69) is 56.5 Å². The topological polar surface area (TPSA) is 212 Å². The van der Waals surface area contributed by atoms with Crippen LogP contribution in [0.2, 0.25) is 0 Å². The van der Waals surface area contributed by atoms with Crippen LogP contribution in [-0.4, -0.2) is 92.2 Å². The van der Waals surface area contributed by atoms with Crippen molar-refractivity contribution in [1.29, 1.82) is 0 Å². The number of hydrogen-bond donors (Lipinski definition) is 6. The summed E-state index contributed by atoms with van der Waals surface area (Å²) in [5, 5.41) is 24.1. The highest BCUT2D eigenvalue weighted by Crippen LogP contribution is 2.25. The van der Waals surface area contributed by atoms with Gasteiger partial charge in [-0.1, -0.05) is 34.8 Å². The molecule has 0 bridgehead atoms. The SMILES string of the molecule is C.C.CCCNc1nc(NCCc2ccncc2)ncc1C(=O)Nc1cccc(N(C)C(=O)C(F)(F)F)c1.CCCNc1nc(NCCc2ccncc2)ncc1C(=O)O. The number of aromatic nitrogens is 6. The lowest BCUT2D eigenvalue weighted by Gasteiger charge is -2.19. The predicted molar refractivity (Wildman–Crippen MR) is 229 cm³/mol. The van der Waals surface area contributed by atoms with E-state index in [0.717, 1.165) is 43.9 Å². The number of carbonyl (C=O) groups excluding carboxylic acids is 2. The number of benzene rings is 1. The van der Waals surface area contributed by atoms with Gasteiger partial charge in [-0.3, -0.25) is 19.6 Å². The van der Waals surface area contributed by atoms with E-state index in [9.17, 15) is 27.6 Å². The van der Waals surface area contributed by atoms with Crippen molar-refractivity contribution in [3.63, 3.8) is 0 Å². The fourth-order valence-corrected chi connectivity index (χ4v) is 5.05. The van der Waals surface area contributed by atoms with Crippen LogP contribution in [0.25, 0.3) is 0 Å². The number of alkyl halides is 3. The largest absolute Gasteiger partial charge is 0.477 e. The molecule has 0 aliphatic heterocycles. The Bertz CT molecular complexity index is 2100. The van der Waals surface area contributed by atoms with E-state index in [1.54, 1.807) is 24.8 Å². The van der Waals surface area contributed by atoms with Gasteiger partial charge >= 0.3 is 18.1 Å². The standard InChI is InChI=1S/C24H26F3N7O2.C15H19N5O2.2CH4/c1-3-10-29-20-19(15-31-23(33-20)30-13-9-16-7-11-28-12-8-16)21(35)32-17-5-4-6-18(14-17)34(2)22(36)24(25,26)27;1-2-6-17-13-12(14(21)22)10-19-15(20-13)18-9-5-11-3-7-16-8-4-11;;/h4-8,11-12,14-15H,3,9-10,13H2,1-2H3,(H,32,35)(H2,29,30,31,33);3-4,7-8,10H,2,5-6,9H2,1H3,(H,21,22)(H2,17,18,19,20);2*1H4. The molecule has 0 saturated carbocycles. The first-order valence-corrected chi connectivity index (χ1v) is 18.4. The van der Waals surface area contributed by atoms with Crippen LogP contribution >= 0.6 is 0 Å². The first-order chi connectivity index (χ1) is 27.9. The third-order valence-electron chi connectivity index (χ3n) is 8.07. The van der Waals surface area contributed by atoms with Gasteiger partial charge in [0, 0.05) is 81.8 Å². The molecule has 4 aromatic heterocycles. The second-order valence-corrected chi connectivity index (χ2v) is 12.5. The Morgan fingerprint density at radius 2 is 1.18 bits per heavy atom. The van der Waals surface area contributed by atoms with Gasteiger partial charge in [0.05, 0.1) is 0 Å². The molecule has 4 heterocycles. The molecule has 6 N–H and O–H groups in total. The van der Waals surface area contributed by atoms with Gasteiger partial charge in [-0.25, -0.2) is 14.8 Å². The minimum Gasteiger partial charge on any atom is -0.477 e. The third-order valence-corrected chi connectivity index (χ3v) is 8.07. The molecule has 1 aromatic carbocycles. The van der Waals surface area contributed by atoms with Crippen molar-refractivity contribution in [3.8, 4) is 0 Å². The lowest BCUT2D eigenvalue weighted by molar-refractivity contribution is -0.170. The Morgan fingerprint density at radius 1 is 0.700 bits per heavy atom. The second-order valence-electron chi connectivity index (χ2n) is 12.5. The first kappa shape index (κ1) is 49.2. The summed E-state index contributed by atoms with van der Waals surface area (Å²) in [6, 6.07) is 13.3. The maximum absolute atomic E-state index is 13.0. The first-order valence-electron chi connectivity index (χ1n) is 18.4. The molecule has 16 nitrogen and oxygen atoms in total. The molecule has 0 radical (unpaired) electrons. The van der Waals surface area contributed by atoms with E-state index in [4.69, 9.17) is 5.11 Å². The zero-order valence-electron chi connectivity index (χ0n) is 32.2. The van der Waals surface area contributed by atoms with Gasteiger partial charge in [0.15, 0.2) is 0 Å². The Morgan fingerprint density at radius 3 is 1.65 bits per heavy atom. The van der Waals surface area contributed by atoms with E-state index in [1.807, 2.05) is 38.1 Å². The zero-order chi connectivity index (χ0) is 41.9. The fraction of sp³-hybridized carbons (Fsp3) is 0.341. The number of carboxylic acid groups (broad SMARTS) is 1. The number of pyridine rings is 2. The van der Waals surface area contributed by atoms with Crippen LogP contribution in [0.5, 0.6) is 0 Å². The van der Waals surface area contributed by atoms with E-state index in [0.29, 0.717) is 54.6 Å². The molecule has 2 amide bonds. The molecule has 5 aromatic rings. The lowest BCUT2D eigenvalue weighted by Crippen LogP contribution is -2.38. The van der Waals surface area contributed by atoms with Crippen molar-refractivity contribution in [2.45, 2.75) is 60.6 Å². The number of rotatable bonds is 18. The van der Waals surface area contributed by atoms with Crippen molar-refractivity contribution in [3.05, 3.63) is 108 Å². The molecular weight excluding hydrogens is 782 g/mol. The van der Waals surface area contributed by atoms with Crippen LogP contribution in [0.1, 0.15) is 73.4 Å². The predicted octanol–water partition coefficient (Wildman–Crippen LogP) is 7.44. The highest BCUT2D eigenvalue weighted by molar-refractivity contribution is 6.08. The molecule has 0 saturated heterocycles. The smallest absolute Gasteiger partial charge is 0.471 e. The van der Waals surface area contributed by atoms with Gasteiger partial charge in [-0.05, 0) is 79.3 Å². The third kappa shape index (κ3) is 15.4. The summed E-state index contributed by atoms with van der Waals surface area (Å²) in [5.41, 5.74) is 2.68. The van der Waals surface area contributed by atoms with Gasteiger partial charge in [0.2, 0.25) is 11.9 Å². The van der Waals surface area contributed by atoms with Gasteiger partial charge in [-0.15, -0.1) is 0 Å². The van der Waals surface area contributed by atoms with Crippen molar-refractivity contribution < 1.29 is 32.7 Å². The molecule has 322 valence electrons. The van der Waals surface area contributed by atoms with Crippen LogP contribution in [0.15, 0.2) is 85.7 Å². The zero-order valence-corrected chi connectivity index (χ0v) is 32.2. The normalized spacial score (nSPS) is 10.4. The van der Waals surface area contributed by atoms with Crippen LogP contribution in [0.4, 0.5) is 48.1 Å². The minimum atomic E-state index is -5.01. The molecule has 0 aliphatic carbocycles. The Hall–Kier alpha value is -6.92. The van der Waals surface area contributed by atoms with E-state index in [-0.39, 0.29) is 37.4 Å². The summed E-state index contributed by atoms with van der Waals surface area (Å²) < 4.78 is 38.3. The van der Waals surface area contributed by atoms with Crippen LogP contribution in [0, 0.1) is 0 Å². The molecular formula is C41H53F3N12O4. The van der Waals surface area contributed by atoms with Gasteiger partial charge in [-0.2, -0.15) is 23.1 Å². The second kappa shape index (κ2) is 24.8. The summed E-state index contributed by atoms with van der Waals surface area (Å²) in [6.45, 7) is 6.42. The number of amides is 2. The van der Waals surface area contributed by atoms with Crippen LogP contribution < -0.4 is 31.5 Å². The van der Waals surface area contributed by atoms with Gasteiger partial charge in [0.25, 0.3) is 5.91 Å². The van der Waals surface area contributed by atoms with E-state index >= 15 is 0 Å². The van der Waals surface area contributed by atoms with Gasteiger partial charge in [0.1, 0.15) is 22.8 Å². The number of halogens is 3. The average Bonchev–Trinajstić information content (AvgIpc) is 3.22. The Balaban J connectivity index is 0.000000445. The quantitative estimate of drug-likeness (QED) is 0.0507. The van der Waals surface area contributed by atoms with Crippen LogP contribution in [0.3, 0.4) is 0 Å². The molecule has 0 atom stereocenters. The number of hydrogen-bond acceptors (Lipinski definition) is 13. The highest BCUT2D eigenvalue weighted by atomic mass is 19.4. The van der Waals surface area contributed by atoms with Gasteiger partial charge < -0.3 is 36.6 Å². The average molecular weight is 835 g/mol. The molecule has 0 spiro atoms. The molecule has 5 rings (SSSR count). The lowest BCUT2D eigenvalue weighted by atomic mass is 10.2. The summed E-state index contributed by atoms with van der Waals surface area (Å²) in [7, 11) is 1.01. The van der Waals surface area contributed by atoms with Crippen molar-refractivity contribution in [2.75, 3.05) is 64.7 Å². The summed E-state index contributed by atoms with van der Waals surface area (Å²) in [4.78, 5) is 61.0. The van der Waals surface area contributed by atoms with E-state index in [1.165, 1.54) is 36.7 Å². The number of carboxylic acids is 1. The molecule has 0 fully saturated rings. The van der Waals surface area contributed by atoms with E-state index < -0.39 is 24.0 Å². The fourth-order valence-electron chi connectivity index (χ4n) is 5.05. The molecule has 19 heteroatoms.